The van der Waals surface area contributed by atoms with E-state index in [-0.39, 0.29) is 10.7 Å². The van der Waals surface area contributed by atoms with Gasteiger partial charge in [-0.15, -0.1) is 0 Å². The molecule has 0 radical (unpaired) electrons. The summed E-state index contributed by atoms with van der Waals surface area (Å²) in [7, 11) is 0. The highest BCUT2D eigenvalue weighted by Crippen LogP contribution is 2.20. The van der Waals surface area contributed by atoms with Gasteiger partial charge in [-0.05, 0) is 46.8 Å². The van der Waals surface area contributed by atoms with Gasteiger partial charge in [0.1, 0.15) is 0 Å². The Bertz CT molecular complexity index is 347. The number of aliphatic imine (C=N–C) groups is 1. The van der Waals surface area contributed by atoms with E-state index in [0.717, 1.165) is 51.3 Å². The first-order valence-corrected chi connectivity index (χ1v) is 9.90. The third-order valence-electron chi connectivity index (χ3n) is 3.42. The smallest absolute Gasteiger partial charge is 0.305 e. The minimum atomic E-state index is -0.0800. The third-order valence-corrected chi connectivity index (χ3v) is 4.65. The van der Waals surface area contributed by atoms with Crippen LogP contribution in [0.25, 0.3) is 0 Å². The second kappa shape index (κ2) is 13.5. The zero-order valence-corrected chi connectivity index (χ0v) is 16.4. The molecule has 136 valence electrons. The van der Waals surface area contributed by atoms with Crippen LogP contribution < -0.4 is 10.6 Å². The molecule has 5 nitrogen and oxygen atoms in total. The number of guanidine groups is 1. The fourth-order valence-electron chi connectivity index (χ4n) is 1.86. The van der Waals surface area contributed by atoms with Crippen LogP contribution >= 0.6 is 11.8 Å². The van der Waals surface area contributed by atoms with Gasteiger partial charge in [0.2, 0.25) is 0 Å². The van der Waals surface area contributed by atoms with Gasteiger partial charge in [0.25, 0.3) is 0 Å². The number of carbonyl (C=O) groups is 1. The van der Waals surface area contributed by atoms with Gasteiger partial charge in [-0.2, -0.15) is 11.8 Å². The quantitative estimate of drug-likeness (QED) is 0.246. The van der Waals surface area contributed by atoms with Crippen molar-refractivity contribution in [2.75, 3.05) is 32.5 Å². The van der Waals surface area contributed by atoms with Crippen molar-refractivity contribution in [2.45, 2.75) is 64.5 Å². The first-order chi connectivity index (χ1) is 10.9. The number of nitrogens with one attached hydrogen (secondary N) is 2. The molecule has 0 atom stereocenters. The lowest BCUT2D eigenvalue weighted by molar-refractivity contribution is -0.143. The average molecular weight is 346 g/mol. The molecule has 0 aromatic heterocycles. The largest absolute Gasteiger partial charge is 0.466 e. The van der Waals surface area contributed by atoms with Crippen LogP contribution in [-0.2, 0) is 9.53 Å². The van der Waals surface area contributed by atoms with Crippen LogP contribution in [0.3, 0.4) is 0 Å². The zero-order valence-electron chi connectivity index (χ0n) is 15.5. The Hall–Kier alpha value is -0.910. The Kier molecular flexibility index (Phi) is 13.0. The lowest BCUT2D eigenvalue weighted by Crippen LogP contribution is -2.38. The summed E-state index contributed by atoms with van der Waals surface area (Å²) in [5.41, 5.74) is 0. The van der Waals surface area contributed by atoms with E-state index >= 15 is 0 Å². The van der Waals surface area contributed by atoms with Crippen molar-refractivity contribution >= 4 is 23.7 Å². The van der Waals surface area contributed by atoms with Crippen molar-refractivity contribution < 1.29 is 9.53 Å². The number of hydrogen-bond acceptors (Lipinski definition) is 4. The molecule has 0 saturated carbocycles. The van der Waals surface area contributed by atoms with Crippen LogP contribution in [0.15, 0.2) is 4.99 Å². The molecule has 0 aromatic carbocycles. The Labute approximate surface area is 146 Å². The number of esters is 1. The molecule has 0 spiro atoms. The number of unbranched alkanes of at least 4 members (excludes halogenated alkanes) is 3. The van der Waals surface area contributed by atoms with E-state index < -0.39 is 0 Å². The summed E-state index contributed by atoms with van der Waals surface area (Å²) in [6.45, 7) is 11.4. The second-order valence-corrected chi connectivity index (χ2v) is 7.57. The van der Waals surface area contributed by atoms with Crippen LogP contribution in [-0.4, -0.2) is 49.2 Å². The number of rotatable bonds is 12. The molecule has 0 aliphatic heterocycles. The highest BCUT2D eigenvalue weighted by molar-refractivity contribution is 7.99. The molecule has 2 N–H and O–H groups in total. The molecule has 0 unspecified atom stereocenters. The van der Waals surface area contributed by atoms with E-state index in [1.54, 1.807) is 0 Å². The maximum atomic E-state index is 11.2. The highest BCUT2D eigenvalue weighted by atomic mass is 32.2. The molecule has 0 aromatic rings. The molecule has 6 heteroatoms. The van der Waals surface area contributed by atoms with Gasteiger partial charge in [0.05, 0.1) is 13.2 Å². The molecule has 0 rings (SSSR count). The van der Waals surface area contributed by atoms with Crippen LogP contribution in [0.1, 0.15) is 59.8 Å². The van der Waals surface area contributed by atoms with Gasteiger partial charge >= 0.3 is 5.97 Å². The van der Waals surface area contributed by atoms with Crippen LogP contribution in [0.5, 0.6) is 0 Å². The Morgan fingerprint density at radius 3 is 2.43 bits per heavy atom. The summed E-state index contributed by atoms with van der Waals surface area (Å²) in [6, 6.07) is 0. The standard InChI is InChI=1S/C17H35N3O2S/c1-6-18-16(20-14-17(3,4)23-5)19-13-11-9-8-10-12-15(21)22-7-2/h6-14H2,1-5H3,(H2,18,19,20). The van der Waals surface area contributed by atoms with Gasteiger partial charge in [-0.3, -0.25) is 9.79 Å². The number of ether oxygens (including phenoxy) is 1. The molecule has 0 aliphatic rings. The summed E-state index contributed by atoms with van der Waals surface area (Å²) < 4.78 is 5.08. The second-order valence-electron chi connectivity index (χ2n) is 6.05. The van der Waals surface area contributed by atoms with Crippen molar-refractivity contribution in [1.29, 1.82) is 0 Å². The summed E-state index contributed by atoms with van der Waals surface area (Å²) >= 11 is 1.83. The summed E-state index contributed by atoms with van der Waals surface area (Å²) in [4.78, 5) is 15.9. The van der Waals surface area contributed by atoms with E-state index in [1.807, 2.05) is 18.7 Å². The topological polar surface area (TPSA) is 62.7 Å². The molecule has 0 amide bonds. The predicted molar refractivity (Wildman–Crippen MR) is 101 cm³/mol. The molecule has 0 saturated heterocycles. The average Bonchev–Trinajstić information content (AvgIpc) is 2.52. The van der Waals surface area contributed by atoms with Gasteiger partial charge in [-0.25, -0.2) is 0 Å². The minimum absolute atomic E-state index is 0.0800. The molecule has 0 heterocycles. The lowest BCUT2D eigenvalue weighted by Gasteiger charge is -2.20. The molecular formula is C17H35N3O2S. The predicted octanol–water partition coefficient (Wildman–Crippen LogP) is 3.20. The fourth-order valence-corrected chi connectivity index (χ4v) is 2.06. The number of nitrogens with zero attached hydrogens (tertiary/aromatic N) is 1. The highest BCUT2D eigenvalue weighted by Gasteiger charge is 2.15. The van der Waals surface area contributed by atoms with Crippen LogP contribution in [0, 0.1) is 0 Å². The van der Waals surface area contributed by atoms with E-state index in [4.69, 9.17) is 4.74 Å². The van der Waals surface area contributed by atoms with Crippen LogP contribution in [0.2, 0.25) is 0 Å². The lowest BCUT2D eigenvalue weighted by atomic mass is 10.1. The van der Waals surface area contributed by atoms with Crippen molar-refractivity contribution in [3.63, 3.8) is 0 Å². The van der Waals surface area contributed by atoms with Crippen LogP contribution in [0.4, 0.5) is 0 Å². The number of carbonyl (C=O) groups excluding carboxylic acids is 1. The van der Waals surface area contributed by atoms with E-state index in [9.17, 15) is 4.79 Å². The van der Waals surface area contributed by atoms with E-state index in [1.165, 1.54) is 0 Å². The zero-order chi connectivity index (χ0) is 17.6. The summed E-state index contributed by atoms with van der Waals surface area (Å²) in [5, 5.41) is 6.65. The molecule has 0 bridgehead atoms. The van der Waals surface area contributed by atoms with Gasteiger partial charge in [-0.1, -0.05) is 12.8 Å². The van der Waals surface area contributed by atoms with Crippen molar-refractivity contribution in [3.8, 4) is 0 Å². The fraction of sp³-hybridized carbons (Fsp3) is 0.882. The SMILES string of the molecule is CCNC(=NCC(C)(C)SC)NCCCCCCC(=O)OCC. The van der Waals surface area contributed by atoms with Crippen molar-refractivity contribution in [1.82, 2.24) is 10.6 Å². The van der Waals surface area contributed by atoms with E-state index in [0.29, 0.717) is 13.0 Å². The molecular weight excluding hydrogens is 310 g/mol. The first-order valence-electron chi connectivity index (χ1n) is 8.68. The van der Waals surface area contributed by atoms with Crippen molar-refractivity contribution in [2.24, 2.45) is 4.99 Å². The Morgan fingerprint density at radius 1 is 1.13 bits per heavy atom. The first kappa shape index (κ1) is 22.1. The van der Waals surface area contributed by atoms with Crippen molar-refractivity contribution in [3.05, 3.63) is 0 Å². The minimum Gasteiger partial charge on any atom is -0.466 e. The van der Waals surface area contributed by atoms with Gasteiger partial charge < -0.3 is 15.4 Å². The maximum absolute atomic E-state index is 11.2. The maximum Gasteiger partial charge on any atom is 0.305 e. The normalized spacial score (nSPS) is 12.1. The molecule has 0 aliphatic carbocycles. The summed E-state index contributed by atoms with van der Waals surface area (Å²) in [5.74, 6) is 0.810. The van der Waals surface area contributed by atoms with Gasteiger partial charge in [0.15, 0.2) is 5.96 Å². The van der Waals surface area contributed by atoms with Gasteiger partial charge in [0, 0.05) is 24.3 Å². The molecule has 0 fully saturated rings. The number of thioether (sulfide) groups is 1. The number of hydrogen-bond donors (Lipinski definition) is 2. The Morgan fingerprint density at radius 2 is 1.83 bits per heavy atom. The van der Waals surface area contributed by atoms with E-state index in [2.05, 4.69) is 42.7 Å². The third kappa shape index (κ3) is 13.2. The molecule has 23 heavy (non-hydrogen) atoms. The Balaban J connectivity index is 3.84. The summed E-state index contributed by atoms with van der Waals surface area (Å²) in [6.07, 6.45) is 6.82. The monoisotopic (exact) mass is 345 g/mol.